The van der Waals surface area contributed by atoms with E-state index in [9.17, 15) is 0 Å². The summed E-state index contributed by atoms with van der Waals surface area (Å²) in [5, 5.41) is 1.87. The van der Waals surface area contributed by atoms with Crippen LogP contribution in [0.15, 0.2) is 77.3 Å². The van der Waals surface area contributed by atoms with Gasteiger partial charge in [0.2, 0.25) is 0 Å². The summed E-state index contributed by atoms with van der Waals surface area (Å²) in [6, 6.07) is 24.5. The van der Waals surface area contributed by atoms with Crippen molar-refractivity contribution in [2.75, 3.05) is 36.0 Å². The van der Waals surface area contributed by atoms with E-state index in [0.29, 0.717) is 0 Å². The topological polar surface area (TPSA) is 32.3 Å². The molecule has 150 valence electrons. The maximum atomic E-state index is 6.18. The molecule has 5 rings (SSSR count). The highest BCUT2D eigenvalue weighted by molar-refractivity contribution is 9.10. The van der Waals surface area contributed by atoms with E-state index >= 15 is 0 Å². The molecule has 1 saturated heterocycles. The summed E-state index contributed by atoms with van der Waals surface area (Å²) in [6.45, 7) is 3.64. The molecule has 4 aromatic rings. The largest absolute Gasteiger partial charge is 0.368 e. The summed E-state index contributed by atoms with van der Waals surface area (Å²) >= 11 is 9.68. The number of rotatable bonds is 3. The minimum absolute atomic E-state index is 0.758. The summed E-state index contributed by atoms with van der Waals surface area (Å²) in [7, 11) is 0. The predicted molar refractivity (Wildman–Crippen MR) is 129 cm³/mol. The van der Waals surface area contributed by atoms with E-state index in [-0.39, 0.29) is 0 Å². The number of aromatic nitrogens is 2. The highest BCUT2D eigenvalue weighted by Crippen LogP contribution is 2.30. The number of anilines is 2. The Hall–Kier alpha value is -2.63. The summed E-state index contributed by atoms with van der Waals surface area (Å²) in [6.07, 6.45) is 0. The van der Waals surface area contributed by atoms with Gasteiger partial charge in [-0.05, 0) is 42.5 Å². The van der Waals surface area contributed by atoms with Gasteiger partial charge in [0.1, 0.15) is 5.82 Å². The first-order valence-corrected chi connectivity index (χ1v) is 11.1. The minimum Gasteiger partial charge on any atom is -0.368 e. The lowest BCUT2D eigenvalue weighted by Crippen LogP contribution is -2.47. The summed E-state index contributed by atoms with van der Waals surface area (Å²) in [5.74, 6) is 1.76. The molecule has 0 bridgehead atoms. The van der Waals surface area contributed by atoms with Crippen molar-refractivity contribution >= 4 is 49.9 Å². The molecule has 1 aliphatic heterocycles. The Morgan fingerprint density at radius 2 is 1.50 bits per heavy atom. The van der Waals surface area contributed by atoms with Crippen molar-refractivity contribution in [3.63, 3.8) is 0 Å². The van der Waals surface area contributed by atoms with E-state index in [4.69, 9.17) is 21.6 Å². The molecule has 0 unspecified atom stereocenters. The maximum Gasteiger partial charge on any atom is 0.162 e. The molecule has 1 fully saturated rings. The lowest BCUT2D eigenvalue weighted by Gasteiger charge is -2.37. The fourth-order valence-electron chi connectivity index (χ4n) is 3.88. The van der Waals surface area contributed by atoms with Crippen LogP contribution in [0.5, 0.6) is 0 Å². The molecule has 0 N–H and O–H groups in total. The van der Waals surface area contributed by atoms with Gasteiger partial charge in [0.15, 0.2) is 5.82 Å². The van der Waals surface area contributed by atoms with Gasteiger partial charge in [-0.2, -0.15) is 0 Å². The molecule has 0 aliphatic carbocycles. The van der Waals surface area contributed by atoms with Crippen molar-refractivity contribution in [2.45, 2.75) is 0 Å². The number of halogens is 2. The molecule has 30 heavy (non-hydrogen) atoms. The number of benzene rings is 3. The molecule has 0 spiro atoms. The van der Waals surface area contributed by atoms with E-state index in [1.807, 2.05) is 36.4 Å². The monoisotopic (exact) mass is 478 g/mol. The Morgan fingerprint density at radius 3 is 2.27 bits per heavy atom. The van der Waals surface area contributed by atoms with Crippen LogP contribution in [0.1, 0.15) is 0 Å². The summed E-state index contributed by atoms with van der Waals surface area (Å²) in [5.41, 5.74) is 3.16. The SMILES string of the molecule is Clc1cccc(N2CCN(c3nc(-c4ccc(Br)cc4)nc4ccccc34)CC2)c1. The van der Waals surface area contributed by atoms with Gasteiger partial charge in [-0.25, -0.2) is 9.97 Å². The van der Waals surface area contributed by atoms with E-state index in [2.05, 4.69) is 62.1 Å². The van der Waals surface area contributed by atoms with Gasteiger partial charge in [-0.1, -0.05) is 57.9 Å². The van der Waals surface area contributed by atoms with Crippen LogP contribution in [0.25, 0.3) is 22.3 Å². The second-order valence-corrected chi connectivity index (χ2v) is 8.70. The fourth-order valence-corrected chi connectivity index (χ4v) is 4.33. The van der Waals surface area contributed by atoms with Crippen molar-refractivity contribution in [1.29, 1.82) is 0 Å². The average Bonchev–Trinajstić information content (AvgIpc) is 2.79. The van der Waals surface area contributed by atoms with Crippen LogP contribution < -0.4 is 9.80 Å². The van der Waals surface area contributed by atoms with Crippen LogP contribution >= 0.6 is 27.5 Å². The van der Waals surface area contributed by atoms with Crippen LogP contribution in [-0.4, -0.2) is 36.1 Å². The Kier molecular flexibility index (Phi) is 5.32. The lowest BCUT2D eigenvalue weighted by molar-refractivity contribution is 0.649. The average molecular weight is 480 g/mol. The van der Waals surface area contributed by atoms with Crippen LogP contribution in [-0.2, 0) is 0 Å². The number of para-hydroxylation sites is 1. The lowest BCUT2D eigenvalue weighted by atomic mass is 10.1. The molecule has 0 radical (unpaired) electrons. The number of piperazine rings is 1. The molecule has 1 aliphatic rings. The van der Waals surface area contributed by atoms with Crippen molar-refractivity contribution in [1.82, 2.24) is 9.97 Å². The molecule has 6 heteroatoms. The molecule has 0 atom stereocenters. The minimum atomic E-state index is 0.758. The third kappa shape index (κ3) is 3.87. The van der Waals surface area contributed by atoms with E-state index in [1.165, 1.54) is 5.69 Å². The zero-order valence-electron chi connectivity index (χ0n) is 16.3. The molecular formula is C24H20BrClN4. The summed E-state index contributed by atoms with van der Waals surface area (Å²) < 4.78 is 1.05. The number of nitrogens with zero attached hydrogens (tertiary/aromatic N) is 4. The zero-order chi connectivity index (χ0) is 20.5. The first kappa shape index (κ1) is 19.3. The first-order valence-electron chi connectivity index (χ1n) is 9.95. The fraction of sp³-hybridized carbons (Fsp3) is 0.167. The van der Waals surface area contributed by atoms with Gasteiger partial charge in [0, 0.05) is 52.3 Å². The van der Waals surface area contributed by atoms with Gasteiger partial charge in [-0.15, -0.1) is 0 Å². The van der Waals surface area contributed by atoms with Gasteiger partial charge in [0.25, 0.3) is 0 Å². The second-order valence-electron chi connectivity index (χ2n) is 7.35. The Labute approximate surface area is 189 Å². The predicted octanol–water partition coefficient (Wildman–Crippen LogP) is 6.04. The number of hydrogen-bond acceptors (Lipinski definition) is 4. The third-order valence-corrected chi connectivity index (χ3v) is 6.20. The van der Waals surface area contributed by atoms with Crippen molar-refractivity contribution in [2.24, 2.45) is 0 Å². The van der Waals surface area contributed by atoms with E-state index < -0.39 is 0 Å². The highest BCUT2D eigenvalue weighted by atomic mass is 79.9. The van der Waals surface area contributed by atoms with Crippen molar-refractivity contribution in [3.8, 4) is 11.4 Å². The maximum absolute atomic E-state index is 6.18. The van der Waals surface area contributed by atoms with E-state index in [1.54, 1.807) is 0 Å². The quantitative estimate of drug-likeness (QED) is 0.359. The Balaban J connectivity index is 1.47. The van der Waals surface area contributed by atoms with Gasteiger partial charge < -0.3 is 9.80 Å². The first-order chi connectivity index (χ1) is 14.7. The van der Waals surface area contributed by atoms with Crippen LogP contribution in [0.3, 0.4) is 0 Å². The number of hydrogen-bond donors (Lipinski definition) is 0. The van der Waals surface area contributed by atoms with Gasteiger partial charge in [-0.3, -0.25) is 0 Å². The highest BCUT2D eigenvalue weighted by Gasteiger charge is 2.21. The van der Waals surface area contributed by atoms with Crippen molar-refractivity contribution in [3.05, 3.63) is 82.3 Å². The summed E-state index contributed by atoms with van der Waals surface area (Å²) in [4.78, 5) is 14.6. The molecule has 3 aromatic carbocycles. The Morgan fingerprint density at radius 1 is 0.767 bits per heavy atom. The molecular weight excluding hydrogens is 460 g/mol. The van der Waals surface area contributed by atoms with E-state index in [0.717, 1.165) is 63.8 Å². The van der Waals surface area contributed by atoms with Gasteiger partial charge in [0.05, 0.1) is 5.52 Å². The smallest absolute Gasteiger partial charge is 0.162 e. The van der Waals surface area contributed by atoms with Crippen LogP contribution in [0.2, 0.25) is 5.02 Å². The number of fused-ring (bicyclic) bond motifs is 1. The molecule has 1 aromatic heterocycles. The molecule has 2 heterocycles. The molecule has 0 amide bonds. The standard InChI is InChI=1S/C24H20BrClN4/c25-18-10-8-17(9-11-18)23-27-22-7-2-1-6-21(22)24(28-23)30-14-12-29(13-15-30)20-5-3-4-19(26)16-20/h1-11,16H,12-15H2. The second kappa shape index (κ2) is 8.25. The van der Waals surface area contributed by atoms with Crippen molar-refractivity contribution < 1.29 is 0 Å². The van der Waals surface area contributed by atoms with Crippen LogP contribution in [0, 0.1) is 0 Å². The normalized spacial score (nSPS) is 14.3. The Bertz CT molecular complexity index is 1190. The van der Waals surface area contributed by atoms with Gasteiger partial charge >= 0.3 is 0 Å². The third-order valence-electron chi connectivity index (χ3n) is 5.44. The zero-order valence-corrected chi connectivity index (χ0v) is 18.6. The van der Waals surface area contributed by atoms with Crippen LogP contribution in [0.4, 0.5) is 11.5 Å². The molecule has 4 nitrogen and oxygen atoms in total. The molecule has 0 saturated carbocycles.